The van der Waals surface area contributed by atoms with Crippen LogP contribution >= 0.6 is 11.3 Å². The molecule has 0 bridgehead atoms. The Morgan fingerprint density at radius 3 is 3.11 bits per heavy atom. The van der Waals surface area contributed by atoms with Crippen LogP contribution in [0.2, 0.25) is 0 Å². The highest BCUT2D eigenvalue weighted by atomic mass is 32.1. The van der Waals surface area contributed by atoms with E-state index in [9.17, 15) is 0 Å². The molecular formula is C15H18N2OS. The summed E-state index contributed by atoms with van der Waals surface area (Å²) >= 11 is 1.72. The average Bonchev–Trinajstić information content (AvgIpc) is 2.97. The van der Waals surface area contributed by atoms with Crippen LogP contribution in [-0.2, 0) is 12.8 Å². The van der Waals surface area contributed by atoms with Gasteiger partial charge in [-0.2, -0.15) is 11.3 Å². The van der Waals surface area contributed by atoms with Crippen molar-refractivity contribution in [3.63, 3.8) is 0 Å². The first-order valence-electron chi connectivity index (χ1n) is 6.60. The summed E-state index contributed by atoms with van der Waals surface area (Å²) in [5.41, 5.74) is 6.71. The van der Waals surface area contributed by atoms with Crippen LogP contribution in [0.3, 0.4) is 0 Å². The van der Waals surface area contributed by atoms with E-state index >= 15 is 0 Å². The summed E-state index contributed by atoms with van der Waals surface area (Å²) in [5, 5.41) is 4.26. The molecule has 3 nitrogen and oxygen atoms in total. The second-order valence-electron chi connectivity index (χ2n) is 4.84. The van der Waals surface area contributed by atoms with Crippen molar-refractivity contribution in [1.82, 2.24) is 5.43 Å². The maximum Gasteiger partial charge on any atom is 0.127 e. The first kappa shape index (κ1) is 12.7. The average molecular weight is 274 g/mol. The Morgan fingerprint density at radius 1 is 1.37 bits per heavy atom. The Morgan fingerprint density at radius 2 is 2.32 bits per heavy atom. The summed E-state index contributed by atoms with van der Waals surface area (Å²) in [6.07, 6.45) is 3.08. The summed E-state index contributed by atoms with van der Waals surface area (Å²) in [6.45, 7) is 0.805. The van der Waals surface area contributed by atoms with Gasteiger partial charge in [0.05, 0.1) is 12.6 Å². The summed E-state index contributed by atoms with van der Waals surface area (Å²) < 4.78 is 5.86. The number of nitrogens with one attached hydrogen (secondary N) is 1. The molecule has 3 N–H and O–H groups in total. The SMILES string of the molecule is NNC(Cc1ccsc1)c1cccc2c1OCCC2. The van der Waals surface area contributed by atoms with Crippen molar-refractivity contribution < 1.29 is 4.74 Å². The maximum absolute atomic E-state index is 5.86. The fourth-order valence-electron chi connectivity index (χ4n) is 2.59. The van der Waals surface area contributed by atoms with Crippen LogP contribution in [0.5, 0.6) is 5.75 Å². The Balaban J connectivity index is 1.90. The lowest BCUT2D eigenvalue weighted by molar-refractivity contribution is 0.281. The van der Waals surface area contributed by atoms with Crippen LogP contribution in [-0.4, -0.2) is 6.61 Å². The Labute approximate surface area is 117 Å². The zero-order chi connectivity index (χ0) is 13.1. The fraction of sp³-hybridized carbons (Fsp3) is 0.333. The van der Waals surface area contributed by atoms with Crippen LogP contribution in [0, 0.1) is 0 Å². The molecule has 1 aliphatic heterocycles. The Bertz CT molecular complexity index is 539. The number of ether oxygens (including phenoxy) is 1. The van der Waals surface area contributed by atoms with Gasteiger partial charge in [-0.1, -0.05) is 18.2 Å². The molecule has 0 saturated heterocycles. The van der Waals surface area contributed by atoms with Gasteiger partial charge in [-0.3, -0.25) is 11.3 Å². The van der Waals surface area contributed by atoms with E-state index in [1.165, 1.54) is 16.7 Å². The zero-order valence-electron chi connectivity index (χ0n) is 10.8. The summed E-state index contributed by atoms with van der Waals surface area (Å²) in [6, 6.07) is 8.60. The van der Waals surface area contributed by atoms with Crippen molar-refractivity contribution in [2.75, 3.05) is 6.61 Å². The van der Waals surface area contributed by atoms with Gasteiger partial charge in [-0.05, 0) is 47.2 Å². The minimum atomic E-state index is 0.0997. The minimum absolute atomic E-state index is 0.0997. The summed E-state index contributed by atoms with van der Waals surface area (Å²) in [5.74, 6) is 6.79. The van der Waals surface area contributed by atoms with Gasteiger partial charge in [0.2, 0.25) is 0 Å². The number of aryl methyl sites for hydroxylation is 1. The van der Waals surface area contributed by atoms with E-state index in [1.807, 2.05) is 0 Å². The predicted molar refractivity (Wildman–Crippen MR) is 78.3 cm³/mol. The lowest BCUT2D eigenvalue weighted by Crippen LogP contribution is -2.30. The summed E-state index contributed by atoms with van der Waals surface area (Å²) in [7, 11) is 0. The summed E-state index contributed by atoms with van der Waals surface area (Å²) in [4.78, 5) is 0. The molecule has 0 aliphatic carbocycles. The van der Waals surface area contributed by atoms with Crippen molar-refractivity contribution in [2.45, 2.75) is 25.3 Å². The van der Waals surface area contributed by atoms with E-state index in [2.05, 4.69) is 40.5 Å². The molecule has 0 spiro atoms. The van der Waals surface area contributed by atoms with E-state index in [0.29, 0.717) is 0 Å². The van der Waals surface area contributed by atoms with Crippen molar-refractivity contribution in [2.24, 2.45) is 5.84 Å². The molecule has 1 aromatic carbocycles. The Kier molecular flexibility index (Phi) is 3.82. The van der Waals surface area contributed by atoms with Crippen molar-refractivity contribution >= 4 is 11.3 Å². The number of benzene rings is 1. The molecule has 0 fully saturated rings. The van der Waals surface area contributed by atoms with E-state index in [4.69, 9.17) is 10.6 Å². The van der Waals surface area contributed by atoms with Crippen molar-refractivity contribution in [1.29, 1.82) is 0 Å². The van der Waals surface area contributed by atoms with Gasteiger partial charge in [0.1, 0.15) is 5.75 Å². The van der Waals surface area contributed by atoms with Gasteiger partial charge >= 0.3 is 0 Å². The van der Waals surface area contributed by atoms with Crippen molar-refractivity contribution in [3.8, 4) is 5.75 Å². The molecular weight excluding hydrogens is 256 g/mol. The number of hydrogen-bond acceptors (Lipinski definition) is 4. The molecule has 0 radical (unpaired) electrons. The zero-order valence-corrected chi connectivity index (χ0v) is 11.6. The topological polar surface area (TPSA) is 47.3 Å². The van der Waals surface area contributed by atoms with E-state index in [-0.39, 0.29) is 6.04 Å². The van der Waals surface area contributed by atoms with Gasteiger partial charge in [0, 0.05) is 5.56 Å². The van der Waals surface area contributed by atoms with Crippen LogP contribution in [0.25, 0.3) is 0 Å². The smallest absolute Gasteiger partial charge is 0.127 e. The monoisotopic (exact) mass is 274 g/mol. The largest absolute Gasteiger partial charge is 0.493 e. The molecule has 19 heavy (non-hydrogen) atoms. The lowest BCUT2D eigenvalue weighted by atomic mass is 9.95. The molecule has 1 aliphatic rings. The van der Waals surface area contributed by atoms with E-state index in [0.717, 1.165) is 31.6 Å². The molecule has 2 heterocycles. The minimum Gasteiger partial charge on any atom is -0.493 e. The number of rotatable bonds is 4. The second-order valence-corrected chi connectivity index (χ2v) is 5.62. The number of fused-ring (bicyclic) bond motifs is 1. The molecule has 100 valence electrons. The van der Waals surface area contributed by atoms with Crippen molar-refractivity contribution in [3.05, 3.63) is 51.7 Å². The predicted octanol–water partition coefficient (Wildman–Crippen LogP) is 2.82. The molecule has 1 aromatic heterocycles. The van der Waals surface area contributed by atoms with Gasteiger partial charge in [0.25, 0.3) is 0 Å². The number of nitrogens with two attached hydrogens (primary N) is 1. The molecule has 1 atom stereocenters. The van der Waals surface area contributed by atoms with Crippen LogP contribution in [0.1, 0.15) is 29.2 Å². The number of hydrazine groups is 1. The first-order chi connectivity index (χ1) is 9.38. The fourth-order valence-corrected chi connectivity index (χ4v) is 3.27. The Hall–Kier alpha value is -1.36. The second kappa shape index (κ2) is 5.74. The number of hydrogen-bond donors (Lipinski definition) is 2. The van der Waals surface area contributed by atoms with Gasteiger partial charge in [-0.15, -0.1) is 0 Å². The maximum atomic E-state index is 5.86. The molecule has 2 aromatic rings. The van der Waals surface area contributed by atoms with Gasteiger partial charge in [-0.25, -0.2) is 0 Å². The van der Waals surface area contributed by atoms with Crippen LogP contribution in [0.15, 0.2) is 35.0 Å². The molecule has 3 rings (SSSR count). The van der Waals surface area contributed by atoms with Gasteiger partial charge in [0.15, 0.2) is 0 Å². The van der Waals surface area contributed by atoms with E-state index in [1.54, 1.807) is 11.3 Å². The van der Waals surface area contributed by atoms with Crippen LogP contribution < -0.4 is 16.0 Å². The molecule has 0 saturated carbocycles. The standard InChI is InChI=1S/C15H18N2OS/c16-17-14(9-11-6-8-19-10-11)13-5-1-3-12-4-2-7-18-15(12)13/h1,3,5-6,8,10,14,17H,2,4,7,9,16H2. The quantitative estimate of drug-likeness (QED) is 0.666. The molecule has 0 amide bonds. The van der Waals surface area contributed by atoms with E-state index < -0.39 is 0 Å². The normalized spacial score (nSPS) is 15.6. The third-order valence-corrected chi connectivity index (χ3v) is 4.29. The van der Waals surface area contributed by atoms with Gasteiger partial charge < -0.3 is 4.74 Å². The van der Waals surface area contributed by atoms with Crippen LogP contribution in [0.4, 0.5) is 0 Å². The molecule has 1 unspecified atom stereocenters. The highest BCUT2D eigenvalue weighted by Crippen LogP contribution is 2.34. The third kappa shape index (κ3) is 2.66. The first-order valence-corrected chi connectivity index (χ1v) is 7.54. The molecule has 4 heteroatoms. The lowest BCUT2D eigenvalue weighted by Gasteiger charge is -2.24. The number of para-hydroxylation sites is 1. The third-order valence-electron chi connectivity index (χ3n) is 3.56. The highest BCUT2D eigenvalue weighted by Gasteiger charge is 2.20. The number of thiophene rings is 1. The highest BCUT2D eigenvalue weighted by molar-refractivity contribution is 7.07.